The molecule has 0 atom stereocenters. The molecule has 0 spiro atoms. The average Bonchev–Trinajstić information content (AvgIpc) is 3.24. The third kappa shape index (κ3) is 3.03. The highest BCUT2D eigenvalue weighted by molar-refractivity contribution is 7.19. The van der Waals surface area contributed by atoms with Gasteiger partial charge in [0.2, 0.25) is 5.76 Å². The van der Waals surface area contributed by atoms with Crippen LogP contribution in [0.15, 0.2) is 45.6 Å². The van der Waals surface area contributed by atoms with Crippen LogP contribution < -0.4 is 5.56 Å². The van der Waals surface area contributed by atoms with Crippen molar-refractivity contribution in [1.82, 2.24) is 9.55 Å². The minimum Gasteiger partial charge on any atom is -0.475 e. The summed E-state index contributed by atoms with van der Waals surface area (Å²) in [7, 11) is 0. The molecule has 0 saturated carbocycles. The Morgan fingerprint density at radius 2 is 1.86 bits per heavy atom. The summed E-state index contributed by atoms with van der Waals surface area (Å²) < 4.78 is 6.84. The summed E-state index contributed by atoms with van der Waals surface area (Å²) in [6.07, 6.45) is 0. The van der Waals surface area contributed by atoms with Crippen molar-refractivity contribution >= 4 is 27.5 Å². The number of rotatable bonds is 4. The van der Waals surface area contributed by atoms with Crippen LogP contribution in [0, 0.1) is 20.8 Å². The molecule has 6 nitrogen and oxygen atoms in total. The molecule has 0 aliphatic carbocycles. The first-order chi connectivity index (χ1) is 13.3. The summed E-state index contributed by atoms with van der Waals surface area (Å²) in [6, 6.07) is 11.0. The number of carboxylic acids is 1. The van der Waals surface area contributed by atoms with Crippen molar-refractivity contribution < 1.29 is 14.3 Å². The smallest absolute Gasteiger partial charge is 0.371 e. The van der Waals surface area contributed by atoms with Crippen LogP contribution >= 0.6 is 11.3 Å². The summed E-state index contributed by atoms with van der Waals surface area (Å²) in [5.41, 5.74) is 2.88. The van der Waals surface area contributed by atoms with Crippen LogP contribution in [-0.4, -0.2) is 20.6 Å². The maximum atomic E-state index is 13.3. The van der Waals surface area contributed by atoms with Crippen molar-refractivity contribution in [2.24, 2.45) is 0 Å². The number of nitrogens with zero attached hydrogens (tertiary/aromatic N) is 2. The Balaban J connectivity index is 1.88. The summed E-state index contributed by atoms with van der Waals surface area (Å²) in [5, 5.41) is 9.61. The number of carboxylic acid groups (broad SMARTS) is 1. The third-order valence-corrected chi connectivity index (χ3v) is 5.70. The Labute approximate surface area is 164 Å². The van der Waals surface area contributed by atoms with Crippen molar-refractivity contribution in [3.05, 3.63) is 74.5 Å². The van der Waals surface area contributed by atoms with Crippen molar-refractivity contribution in [2.75, 3.05) is 0 Å². The zero-order chi connectivity index (χ0) is 20.0. The van der Waals surface area contributed by atoms with Gasteiger partial charge in [-0.25, -0.2) is 9.78 Å². The lowest BCUT2D eigenvalue weighted by Crippen LogP contribution is -2.24. The second-order valence-corrected chi connectivity index (χ2v) is 7.90. The lowest BCUT2D eigenvalue weighted by atomic mass is 10.0. The molecule has 4 aromatic rings. The summed E-state index contributed by atoms with van der Waals surface area (Å²) in [6.45, 7) is 5.91. The van der Waals surface area contributed by atoms with Crippen LogP contribution in [0.2, 0.25) is 0 Å². The SMILES string of the molecule is Cc1ccc(-c2c(C)sc3nc(C)n(Cc4ccc(C(=O)O)o4)c(=O)c23)cc1. The Morgan fingerprint density at radius 3 is 2.50 bits per heavy atom. The zero-order valence-corrected chi connectivity index (χ0v) is 16.5. The van der Waals surface area contributed by atoms with Crippen LogP contribution in [0.4, 0.5) is 0 Å². The largest absolute Gasteiger partial charge is 0.475 e. The van der Waals surface area contributed by atoms with Crippen LogP contribution in [0.25, 0.3) is 21.3 Å². The van der Waals surface area contributed by atoms with Gasteiger partial charge in [-0.1, -0.05) is 29.8 Å². The molecule has 7 heteroatoms. The number of thiophene rings is 1. The van der Waals surface area contributed by atoms with Gasteiger partial charge in [-0.2, -0.15) is 0 Å². The molecule has 3 aromatic heterocycles. The number of aromatic carboxylic acids is 1. The fourth-order valence-corrected chi connectivity index (χ4v) is 4.37. The van der Waals surface area contributed by atoms with Crippen LogP contribution in [-0.2, 0) is 6.54 Å². The van der Waals surface area contributed by atoms with Crippen LogP contribution in [0.5, 0.6) is 0 Å². The molecule has 3 heterocycles. The number of aryl methyl sites for hydroxylation is 3. The van der Waals surface area contributed by atoms with Crippen molar-refractivity contribution in [1.29, 1.82) is 0 Å². The average molecular weight is 394 g/mol. The molecule has 0 amide bonds. The zero-order valence-electron chi connectivity index (χ0n) is 15.6. The highest BCUT2D eigenvalue weighted by atomic mass is 32.1. The minimum atomic E-state index is -1.14. The molecule has 0 radical (unpaired) electrons. The predicted molar refractivity (Wildman–Crippen MR) is 108 cm³/mol. The number of benzene rings is 1. The van der Waals surface area contributed by atoms with E-state index in [1.807, 2.05) is 38.1 Å². The topological polar surface area (TPSA) is 85.3 Å². The van der Waals surface area contributed by atoms with E-state index in [0.717, 1.165) is 21.6 Å². The van der Waals surface area contributed by atoms with Gasteiger partial charge in [0.25, 0.3) is 5.56 Å². The van der Waals surface area contributed by atoms with Gasteiger partial charge in [-0.05, 0) is 38.5 Å². The fourth-order valence-electron chi connectivity index (χ4n) is 3.28. The van der Waals surface area contributed by atoms with Gasteiger partial charge in [0.05, 0.1) is 11.9 Å². The van der Waals surface area contributed by atoms with Gasteiger partial charge in [0, 0.05) is 10.4 Å². The van der Waals surface area contributed by atoms with E-state index in [9.17, 15) is 9.59 Å². The lowest BCUT2D eigenvalue weighted by Gasteiger charge is -2.09. The summed E-state index contributed by atoms with van der Waals surface area (Å²) >= 11 is 1.50. The number of carbonyl (C=O) groups is 1. The molecule has 0 unspecified atom stereocenters. The van der Waals surface area contributed by atoms with E-state index in [0.29, 0.717) is 21.8 Å². The lowest BCUT2D eigenvalue weighted by molar-refractivity contribution is 0.0660. The van der Waals surface area contributed by atoms with E-state index < -0.39 is 5.97 Å². The molecular formula is C21H18N2O4S. The van der Waals surface area contributed by atoms with E-state index >= 15 is 0 Å². The first kappa shape index (κ1) is 18.2. The summed E-state index contributed by atoms with van der Waals surface area (Å²) in [5.74, 6) is -0.337. The summed E-state index contributed by atoms with van der Waals surface area (Å²) in [4.78, 5) is 30.7. The predicted octanol–water partition coefficient (Wildman–Crippen LogP) is 4.39. The Bertz CT molecular complexity index is 1260. The molecular weight excluding hydrogens is 376 g/mol. The molecule has 4 rings (SSSR count). The Kier molecular flexibility index (Phi) is 4.39. The maximum absolute atomic E-state index is 13.3. The van der Waals surface area contributed by atoms with Gasteiger partial charge in [-0.3, -0.25) is 9.36 Å². The first-order valence-corrected chi connectivity index (χ1v) is 9.56. The second-order valence-electron chi connectivity index (χ2n) is 6.70. The Morgan fingerprint density at radius 1 is 1.14 bits per heavy atom. The maximum Gasteiger partial charge on any atom is 0.371 e. The second kappa shape index (κ2) is 6.76. The van der Waals surface area contributed by atoms with Crippen LogP contribution in [0.3, 0.4) is 0 Å². The number of aromatic nitrogens is 2. The van der Waals surface area contributed by atoms with Gasteiger partial charge < -0.3 is 9.52 Å². The number of hydrogen-bond donors (Lipinski definition) is 1. The van der Waals surface area contributed by atoms with Gasteiger partial charge >= 0.3 is 5.97 Å². The van der Waals surface area contributed by atoms with Gasteiger partial charge in [-0.15, -0.1) is 11.3 Å². The molecule has 142 valence electrons. The van der Waals surface area contributed by atoms with Gasteiger partial charge in [0.1, 0.15) is 16.4 Å². The van der Waals surface area contributed by atoms with E-state index in [-0.39, 0.29) is 17.9 Å². The Hall–Kier alpha value is -3.19. The van der Waals surface area contributed by atoms with Gasteiger partial charge in [0.15, 0.2) is 0 Å². The standard InChI is InChI=1S/C21H18N2O4S/c1-11-4-6-14(7-5-11)17-12(2)28-19-18(17)20(24)23(13(3)22-19)10-15-8-9-16(27-15)21(25)26/h4-9H,10H2,1-3H3,(H,25,26). The molecule has 1 N–H and O–H groups in total. The molecule has 0 aliphatic rings. The normalized spacial score (nSPS) is 11.2. The molecule has 28 heavy (non-hydrogen) atoms. The molecule has 1 aromatic carbocycles. The third-order valence-electron chi connectivity index (χ3n) is 4.71. The van der Waals surface area contributed by atoms with Crippen molar-refractivity contribution in [3.8, 4) is 11.1 Å². The highest BCUT2D eigenvalue weighted by Gasteiger charge is 2.19. The van der Waals surface area contributed by atoms with E-state index in [4.69, 9.17) is 9.52 Å². The fraction of sp³-hybridized carbons (Fsp3) is 0.190. The van der Waals surface area contributed by atoms with Crippen molar-refractivity contribution in [2.45, 2.75) is 27.3 Å². The highest BCUT2D eigenvalue weighted by Crippen LogP contribution is 2.35. The van der Waals surface area contributed by atoms with Crippen molar-refractivity contribution in [3.63, 3.8) is 0 Å². The number of fused-ring (bicyclic) bond motifs is 1. The quantitative estimate of drug-likeness (QED) is 0.555. The molecule has 0 bridgehead atoms. The minimum absolute atomic E-state index is 0.128. The molecule has 0 fully saturated rings. The first-order valence-electron chi connectivity index (χ1n) is 8.74. The molecule has 0 saturated heterocycles. The van der Waals surface area contributed by atoms with Crippen LogP contribution in [0.1, 0.15) is 32.6 Å². The molecule has 0 aliphatic heterocycles. The van der Waals surface area contributed by atoms with E-state index in [1.54, 1.807) is 13.0 Å². The van der Waals surface area contributed by atoms with E-state index in [2.05, 4.69) is 4.98 Å². The number of hydrogen-bond acceptors (Lipinski definition) is 5. The number of furan rings is 1. The van der Waals surface area contributed by atoms with E-state index in [1.165, 1.54) is 22.0 Å². The monoisotopic (exact) mass is 394 g/mol.